The van der Waals surface area contributed by atoms with Gasteiger partial charge in [-0.25, -0.2) is 0 Å². The van der Waals surface area contributed by atoms with Crippen molar-refractivity contribution >= 4 is 29.2 Å². The summed E-state index contributed by atoms with van der Waals surface area (Å²) in [6, 6.07) is 5.85. The molecule has 140 valence electrons. The molecule has 1 fully saturated rings. The molecule has 3 heterocycles. The Bertz CT molecular complexity index is 769. The monoisotopic (exact) mass is 376 g/mol. The molecule has 1 aliphatic heterocycles. The van der Waals surface area contributed by atoms with Crippen LogP contribution in [0.2, 0.25) is 0 Å². The summed E-state index contributed by atoms with van der Waals surface area (Å²) in [7, 11) is 0. The van der Waals surface area contributed by atoms with Gasteiger partial charge in [-0.2, -0.15) is 0 Å². The minimum atomic E-state index is 0.0361. The minimum absolute atomic E-state index is 0.0361. The van der Waals surface area contributed by atoms with Crippen LogP contribution < -0.4 is 5.32 Å². The summed E-state index contributed by atoms with van der Waals surface area (Å²) in [6.07, 6.45) is 1.89. The first kappa shape index (κ1) is 18.7. The first-order valence-corrected chi connectivity index (χ1v) is 9.73. The number of hydrogen-bond acceptors (Lipinski definition) is 6. The molecule has 9 heteroatoms. The summed E-state index contributed by atoms with van der Waals surface area (Å²) in [5.74, 6) is 0.465. The first-order valence-electron chi connectivity index (χ1n) is 8.75. The highest BCUT2D eigenvalue weighted by molar-refractivity contribution is 7.99. The van der Waals surface area contributed by atoms with E-state index in [4.69, 9.17) is 0 Å². The molecule has 8 nitrogen and oxygen atoms in total. The number of aromatic nitrogens is 3. The van der Waals surface area contributed by atoms with Crippen LogP contribution in [0.4, 0.5) is 0 Å². The van der Waals surface area contributed by atoms with Gasteiger partial charge in [-0.15, -0.1) is 10.2 Å². The summed E-state index contributed by atoms with van der Waals surface area (Å²) in [4.78, 5) is 28.2. The zero-order valence-electron chi connectivity index (χ0n) is 15.1. The first-order chi connectivity index (χ1) is 12.5. The Morgan fingerprint density at radius 2 is 1.96 bits per heavy atom. The molecule has 1 saturated heterocycles. The van der Waals surface area contributed by atoms with Crippen molar-refractivity contribution in [2.45, 2.75) is 25.0 Å². The van der Waals surface area contributed by atoms with Gasteiger partial charge in [0.1, 0.15) is 0 Å². The van der Waals surface area contributed by atoms with Gasteiger partial charge in [-0.05, 0) is 26.0 Å². The van der Waals surface area contributed by atoms with Gasteiger partial charge in [-0.1, -0.05) is 17.8 Å². The number of thioether (sulfide) groups is 1. The lowest BCUT2D eigenvalue weighted by Crippen LogP contribution is -2.52. The van der Waals surface area contributed by atoms with E-state index < -0.39 is 0 Å². The Labute approximate surface area is 156 Å². The van der Waals surface area contributed by atoms with Gasteiger partial charge in [0.2, 0.25) is 11.8 Å². The molecule has 1 N–H and O–H groups in total. The van der Waals surface area contributed by atoms with Crippen molar-refractivity contribution in [3.05, 3.63) is 24.4 Å². The Morgan fingerprint density at radius 1 is 1.19 bits per heavy atom. The largest absolute Gasteiger partial charge is 0.353 e. The average molecular weight is 376 g/mol. The van der Waals surface area contributed by atoms with E-state index in [0.29, 0.717) is 25.4 Å². The normalized spacial score (nSPS) is 15.6. The lowest BCUT2D eigenvalue weighted by Gasteiger charge is -2.34. The number of piperazine rings is 1. The third-order valence-corrected chi connectivity index (χ3v) is 5.08. The molecule has 1 aliphatic rings. The van der Waals surface area contributed by atoms with Crippen LogP contribution in [0.3, 0.4) is 0 Å². The maximum absolute atomic E-state index is 12.5. The highest BCUT2D eigenvalue weighted by Crippen LogP contribution is 2.17. The number of nitrogens with one attached hydrogen (secondary N) is 1. The van der Waals surface area contributed by atoms with Gasteiger partial charge >= 0.3 is 0 Å². The Hall–Kier alpha value is -2.13. The van der Waals surface area contributed by atoms with Crippen molar-refractivity contribution in [3.63, 3.8) is 0 Å². The smallest absolute Gasteiger partial charge is 0.234 e. The van der Waals surface area contributed by atoms with Crippen molar-refractivity contribution in [3.8, 4) is 0 Å². The second-order valence-electron chi connectivity index (χ2n) is 6.58. The van der Waals surface area contributed by atoms with Crippen molar-refractivity contribution < 1.29 is 9.59 Å². The van der Waals surface area contributed by atoms with E-state index in [1.165, 1.54) is 11.8 Å². The van der Waals surface area contributed by atoms with Gasteiger partial charge in [0.25, 0.3) is 0 Å². The zero-order valence-corrected chi connectivity index (χ0v) is 15.9. The lowest BCUT2D eigenvalue weighted by atomic mass is 10.3. The van der Waals surface area contributed by atoms with Crippen LogP contribution >= 0.6 is 11.8 Å². The van der Waals surface area contributed by atoms with E-state index in [1.807, 2.05) is 47.5 Å². The van der Waals surface area contributed by atoms with Crippen molar-refractivity contribution in [2.75, 3.05) is 38.5 Å². The molecule has 0 radical (unpaired) electrons. The highest BCUT2D eigenvalue weighted by Gasteiger charge is 2.23. The van der Waals surface area contributed by atoms with E-state index in [1.54, 1.807) is 0 Å². The van der Waals surface area contributed by atoms with Gasteiger partial charge in [-0.3, -0.25) is 18.9 Å². The van der Waals surface area contributed by atoms with Crippen LogP contribution in [0.5, 0.6) is 0 Å². The molecule has 2 amide bonds. The molecule has 0 atom stereocenters. The molecular formula is C17H24N6O2S. The number of nitrogens with zero attached hydrogens (tertiary/aromatic N) is 5. The third kappa shape index (κ3) is 4.73. The number of fused-ring (bicyclic) bond motifs is 1. The van der Waals surface area contributed by atoms with Crippen molar-refractivity contribution in [1.82, 2.24) is 29.7 Å². The van der Waals surface area contributed by atoms with Gasteiger partial charge < -0.3 is 10.2 Å². The molecule has 0 aromatic carbocycles. The molecular weight excluding hydrogens is 352 g/mol. The van der Waals surface area contributed by atoms with Gasteiger partial charge in [0.05, 0.1) is 12.3 Å². The van der Waals surface area contributed by atoms with Crippen LogP contribution in [0, 0.1) is 0 Å². The minimum Gasteiger partial charge on any atom is -0.353 e. The molecule has 3 rings (SSSR count). The summed E-state index contributed by atoms with van der Waals surface area (Å²) < 4.78 is 1.88. The topological polar surface area (TPSA) is 82.8 Å². The molecule has 0 bridgehead atoms. The highest BCUT2D eigenvalue weighted by atomic mass is 32.2. The summed E-state index contributed by atoms with van der Waals surface area (Å²) in [6.45, 7) is 7.02. The number of pyridine rings is 1. The SMILES string of the molecule is CC(C)NC(=O)CN1CCN(C(=O)CSc2nnc3ccccn23)CC1. The van der Waals surface area contributed by atoms with Crippen LogP contribution in [0.1, 0.15) is 13.8 Å². The van der Waals surface area contributed by atoms with E-state index >= 15 is 0 Å². The van der Waals surface area contributed by atoms with Crippen molar-refractivity contribution in [1.29, 1.82) is 0 Å². The fourth-order valence-corrected chi connectivity index (χ4v) is 3.69. The van der Waals surface area contributed by atoms with Crippen LogP contribution in [-0.4, -0.2) is 80.7 Å². The predicted molar refractivity (Wildman–Crippen MR) is 100 cm³/mol. The maximum Gasteiger partial charge on any atom is 0.234 e. The fourth-order valence-electron chi connectivity index (χ4n) is 2.86. The lowest BCUT2D eigenvalue weighted by molar-refractivity contribution is -0.130. The molecule has 0 saturated carbocycles. The summed E-state index contributed by atoms with van der Waals surface area (Å²) in [5.41, 5.74) is 0.774. The predicted octanol–water partition coefficient (Wildman–Crippen LogP) is 0.490. The summed E-state index contributed by atoms with van der Waals surface area (Å²) in [5, 5.41) is 11.8. The zero-order chi connectivity index (χ0) is 18.5. The van der Waals surface area contributed by atoms with E-state index in [0.717, 1.165) is 23.9 Å². The molecule has 0 aliphatic carbocycles. The molecule has 2 aromatic rings. The van der Waals surface area contributed by atoms with Gasteiger partial charge in [0.15, 0.2) is 10.8 Å². The third-order valence-electron chi connectivity index (χ3n) is 4.15. The number of carbonyl (C=O) groups is 2. The molecule has 0 spiro atoms. The van der Waals surface area contributed by atoms with Gasteiger partial charge in [0, 0.05) is 38.4 Å². The number of amides is 2. The number of hydrogen-bond donors (Lipinski definition) is 1. The van der Waals surface area contributed by atoms with Crippen LogP contribution in [-0.2, 0) is 9.59 Å². The quantitative estimate of drug-likeness (QED) is 0.739. The Balaban J connectivity index is 1.44. The second kappa shape index (κ2) is 8.50. The Kier molecular flexibility index (Phi) is 6.10. The fraction of sp³-hybridized carbons (Fsp3) is 0.529. The maximum atomic E-state index is 12.5. The van der Waals surface area contributed by atoms with Crippen LogP contribution in [0.15, 0.2) is 29.6 Å². The number of rotatable bonds is 6. The molecule has 2 aromatic heterocycles. The number of carbonyl (C=O) groups excluding carboxylic acids is 2. The van der Waals surface area contributed by atoms with E-state index in [-0.39, 0.29) is 17.9 Å². The standard InChI is InChI=1S/C17H24N6O2S/c1-13(2)18-15(24)11-21-7-9-22(10-8-21)16(25)12-26-17-20-19-14-5-3-4-6-23(14)17/h3-6,13H,7-12H2,1-2H3,(H,18,24). The average Bonchev–Trinajstić information content (AvgIpc) is 3.03. The van der Waals surface area contributed by atoms with Crippen molar-refractivity contribution in [2.24, 2.45) is 0 Å². The van der Waals surface area contributed by atoms with E-state index in [9.17, 15) is 9.59 Å². The molecule has 26 heavy (non-hydrogen) atoms. The van der Waals surface area contributed by atoms with Crippen LogP contribution in [0.25, 0.3) is 5.65 Å². The second-order valence-corrected chi connectivity index (χ2v) is 7.52. The Morgan fingerprint density at radius 3 is 2.69 bits per heavy atom. The molecule has 0 unspecified atom stereocenters. The summed E-state index contributed by atoms with van der Waals surface area (Å²) >= 11 is 1.40. The van der Waals surface area contributed by atoms with E-state index in [2.05, 4.69) is 20.4 Å².